The highest BCUT2D eigenvalue weighted by molar-refractivity contribution is 5.54. The molecule has 0 bridgehead atoms. The van der Waals surface area contributed by atoms with Crippen LogP contribution in [0.5, 0.6) is 0 Å². The molecule has 0 aromatic carbocycles. The predicted molar refractivity (Wildman–Crippen MR) is 63.7 cm³/mol. The summed E-state index contributed by atoms with van der Waals surface area (Å²) in [6.07, 6.45) is 4.51. The van der Waals surface area contributed by atoms with E-state index in [4.69, 9.17) is 10.7 Å². The van der Waals surface area contributed by atoms with Crippen molar-refractivity contribution < 1.29 is 0 Å². The number of fused-ring (bicyclic) bond motifs is 1. The fraction of sp³-hybridized carbons (Fsp3) is 0.667. The largest absolute Gasteiger partial charge is 0.359 e. The van der Waals surface area contributed by atoms with E-state index in [-0.39, 0.29) is 0 Å². The molecule has 2 aliphatic rings. The quantitative estimate of drug-likeness (QED) is 0.817. The first-order valence-electron chi connectivity index (χ1n) is 6.10. The van der Waals surface area contributed by atoms with Crippen LogP contribution in [0.15, 0.2) is 0 Å². The maximum atomic E-state index is 5.59. The van der Waals surface area contributed by atoms with Gasteiger partial charge >= 0.3 is 0 Å². The van der Waals surface area contributed by atoms with Crippen LogP contribution < -0.4 is 10.6 Å². The van der Waals surface area contributed by atoms with Crippen molar-refractivity contribution in [3.63, 3.8) is 0 Å². The van der Waals surface area contributed by atoms with Gasteiger partial charge in [0, 0.05) is 31.5 Å². The van der Waals surface area contributed by atoms with E-state index in [1.807, 2.05) is 0 Å². The van der Waals surface area contributed by atoms with Crippen LogP contribution in [0, 0.1) is 0 Å². The Morgan fingerprint density at radius 1 is 1.38 bits per heavy atom. The molecule has 2 heterocycles. The average Bonchev–Trinajstić information content (AvgIpc) is 3.05. The Morgan fingerprint density at radius 2 is 2.19 bits per heavy atom. The number of nitrogens with zero attached hydrogens (tertiary/aromatic N) is 3. The van der Waals surface area contributed by atoms with E-state index in [1.165, 1.54) is 24.1 Å². The summed E-state index contributed by atoms with van der Waals surface area (Å²) in [5.74, 6) is 2.79. The topological polar surface area (TPSA) is 55.0 Å². The van der Waals surface area contributed by atoms with Crippen LogP contribution in [0.25, 0.3) is 0 Å². The Kier molecular flexibility index (Phi) is 2.32. The van der Waals surface area contributed by atoms with Gasteiger partial charge < -0.3 is 10.6 Å². The molecule has 1 aliphatic heterocycles. The molecule has 4 heteroatoms. The van der Waals surface area contributed by atoms with Crippen LogP contribution in [-0.4, -0.2) is 30.1 Å². The molecule has 1 saturated carbocycles. The number of hydrogen-bond donors (Lipinski definition) is 1. The second kappa shape index (κ2) is 3.70. The Hall–Kier alpha value is -1.16. The molecule has 86 valence electrons. The third-order valence-corrected chi connectivity index (χ3v) is 3.45. The van der Waals surface area contributed by atoms with Crippen molar-refractivity contribution in [2.45, 2.75) is 31.6 Å². The molecule has 1 aromatic rings. The van der Waals surface area contributed by atoms with Gasteiger partial charge in [0.25, 0.3) is 0 Å². The van der Waals surface area contributed by atoms with Crippen LogP contribution in [-0.2, 0) is 12.8 Å². The van der Waals surface area contributed by atoms with Crippen LogP contribution in [0.4, 0.5) is 5.82 Å². The molecule has 0 amide bonds. The lowest BCUT2D eigenvalue weighted by Crippen LogP contribution is -2.16. The highest BCUT2D eigenvalue weighted by Crippen LogP contribution is 2.43. The summed E-state index contributed by atoms with van der Waals surface area (Å²) < 4.78 is 0. The molecule has 4 nitrogen and oxygen atoms in total. The minimum absolute atomic E-state index is 0.632. The Balaban J connectivity index is 2.05. The third-order valence-electron chi connectivity index (χ3n) is 3.45. The summed E-state index contributed by atoms with van der Waals surface area (Å²) in [6.45, 7) is 1.71. The van der Waals surface area contributed by atoms with Crippen molar-refractivity contribution in [3.05, 3.63) is 17.1 Å². The van der Waals surface area contributed by atoms with E-state index < -0.39 is 0 Å². The van der Waals surface area contributed by atoms with Gasteiger partial charge in [-0.3, -0.25) is 0 Å². The summed E-state index contributed by atoms with van der Waals surface area (Å²) in [7, 11) is 2.11. The molecule has 0 atom stereocenters. The average molecular weight is 218 g/mol. The molecule has 0 radical (unpaired) electrons. The first-order valence-corrected chi connectivity index (χ1v) is 6.10. The second-order valence-electron chi connectivity index (χ2n) is 4.81. The van der Waals surface area contributed by atoms with Gasteiger partial charge in [-0.15, -0.1) is 0 Å². The van der Waals surface area contributed by atoms with Crippen molar-refractivity contribution in [1.29, 1.82) is 0 Å². The van der Waals surface area contributed by atoms with Gasteiger partial charge in [-0.25, -0.2) is 9.97 Å². The van der Waals surface area contributed by atoms with Crippen LogP contribution in [0.1, 0.15) is 35.8 Å². The molecule has 1 fully saturated rings. The SMILES string of the molecule is CN1CCc2c(C3CC3)nc(CCN)nc21. The normalized spacial score (nSPS) is 19.0. The molecule has 0 unspecified atom stereocenters. The van der Waals surface area contributed by atoms with Gasteiger partial charge in [-0.05, 0) is 25.8 Å². The van der Waals surface area contributed by atoms with Gasteiger partial charge in [-0.1, -0.05) is 0 Å². The summed E-state index contributed by atoms with van der Waals surface area (Å²) in [6, 6.07) is 0. The van der Waals surface area contributed by atoms with Gasteiger partial charge in [0.05, 0.1) is 5.69 Å². The van der Waals surface area contributed by atoms with Gasteiger partial charge in [0.1, 0.15) is 11.6 Å². The standard InChI is InChI=1S/C12H18N4/c1-16-7-5-9-11(8-2-3-8)14-10(4-6-13)15-12(9)16/h8H,2-7,13H2,1H3. The Morgan fingerprint density at radius 3 is 2.88 bits per heavy atom. The number of anilines is 1. The van der Waals surface area contributed by atoms with Crippen molar-refractivity contribution in [2.24, 2.45) is 5.73 Å². The van der Waals surface area contributed by atoms with E-state index >= 15 is 0 Å². The molecule has 3 rings (SSSR count). The van der Waals surface area contributed by atoms with Crippen molar-refractivity contribution in [2.75, 3.05) is 25.0 Å². The highest BCUT2D eigenvalue weighted by atomic mass is 15.2. The Bertz CT molecular complexity index is 412. The lowest BCUT2D eigenvalue weighted by molar-refractivity contribution is 0.828. The minimum atomic E-state index is 0.632. The second-order valence-corrected chi connectivity index (χ2v) is 4.81. The first kappa shape index (κ1) is 10.0. The summed E-state index contributed by atoms with van der Waals surface area (Å²) in [5.41, 5.74) is 8.30. The highest BCUT2D eigenvalue weighted by Gasteiger charge is 2.32. The van der Waals surface area contributed by atoms with Gasteiger partial charge in [-0.2, -0.15) is 0 Å². The monoisotopic (exact) mass is 218 g/mol. The number of aromatic nitrogens is 2. The minimum Gasteiger partial charge on any atom is -0.359 e. The van der Waals surface area contributed by atoms with Crippen LogP contribution in [0.2, 0.25) is 0 Å². The number of rotatable bonds is 3. The van der Waals surface area contributed by atoms with Crippen molar-refractivity contribution in [3.8, 4) is 0 Å². The van der Waals surface area contributed by atoms with Crippen molar-refractivity contribution >= 4 is 5.82 Å². The maximum absolute atomic E-state index is 5.59. The van der Waals surface area contributed by atoms with E-state index in [1.54, 1.807) is 0 Å². The van der Waals surface area contributed by atoms with Crippen molar-refractivity contribution in [1.82, 2.24) is 9.97 Å². The van der Waals surface area contributed by atoms with Gasteiger partial charge in [0.2, 0.25) is 0 Å². The molecular weight excluding hydrogens is 200 g/mol. The third kappa shape index (κ3) is 1.57. The lowest BCUT2D eigenvalue weighted by atomic mass is 10.1. The molecule has 0 saturated heterocycles. The zero-order valence-corrected chi connectivity index (χ0v) is 9.74. The predicted octanol–water partition coefficient (Wildman–Crippen LogP) is 0.848. The summed E-state index contributed by atoms with van der Waals surface area (Å²) in [4.78, 5) is 11.6. The molecule has 1 aliphatic carbocycles. The van der Waals surface area contributed by atoms with E-state index in [2.05, 4.69) is 16.9 Å². The maximum Gasteiger partial charge on any atom is 0.135 e. The van der Waals surface area contributed by atoms with Gasteiger partial charge in [0.15, 0.2) is 0 Å². The number of likely N-dealkylation sites (N-methyl/N-ethyl adjacent to an activating group) is 1. The molecule has 2 N–H and O–H groups in total. The van der Waals surface area contributed by atoms with Crippen LogP contribution >= 0.6 is 0 Å². The number of nitrogens with two attached hydrogens (primary N) is 1. The fourth-order valence-corrected chi connectivity index (χ4v) is 2.41. The van der Waals surface area contributed by atoms with Crippen LogP contribution in [0.3, 0.4) is 0 Å². The molecule has 0 spiro atoms. The van der Waals surface area contributed by atoms with E-state index in [0.29, 0.717) is 12.5 Å². The molecule has 16 heavy (non-hydrogen) atoms. The first-order chi connectivity index (χ1) is 7.79. The Labute approximate surface area is 95.9 Å². The van der Waals surface area contributed by atoms with E-state index in [9.17, 15) is 0 Å². The summed E-state index contributed by atoms with van der Waals surface area (Å²) >= 11 is 0. The number of hydrogen-bond acceptors (Lipinski definition) is 4. The summed E-state index contributed by atoms with van der Waals surface area (Å²) in [5, 5.41) is 0. The zero-order chi connectivity index (χ0) is 11.1. The molecular formula is C12H18N4. The lowest BCUT2D eigenvalue weighted by Gasteiger charge is -2.13. The smallest absolute Gasteiger partial charge is 0.135 e. The van der Waals surface area contributed by atoms with E-state index in [0.717, 1.165) is 31.0 Å². The molecule has 1 aromatic heterocycles. The fourth-order valence-electron chi connectivity index (χ4n) is 2.41. The zero-order valence-electron chi connectivity index (χ0n) is 9.74.